The minimum atomic E-state index is 0.0107. The minimum Gasteiger partial charge on any atom is -0.323 e. The lowest BCUT2D eigenvalue weighted by atomic mass is 10.1. The smallest absolute Gasteiger partial charge is 0.240 e. The van der Waals surface area contributed by atoms with Crippen LogP contribution in [-0.2, 0) is 4.79 Å². The highest BCUT2D eigenvalue weighted by Crippen LogP contribution is 2.35. The number of nitrogens with one attached hydrogen (secondary N) is 1. The molecule has 0 bridgehead atoms. The van der Waals surface area contributed by atoms with E-state index in [0.29, 0.717) is 6.04 Å². The summed E-state index contributed by atoms with van der Waals surface area (Å²) < 4.78 is 0. The third-order valence-electron chi connectivity index (χ3n) is 3.64. The molecule has 1 N–H and O–H groups in total. The molecule has 1 amide bonds. The van der Waals surface area contributed by atoms with E-state index in [-0.39, 0.29) is 18.1 Å². The van der Waals surface area contributed by atoms with Crippen molar-refractivity contribution in [1.82, 2.24) is 10.2 Å². The number of hydrogen-bond donors (Lipinski definition) is 1. The second kappa shape index (κ2) is 4.12. The first-order valence-electron chi connectivity index (χ1n) is 6.21. The molecular weight excluding hydrogens is 188 g/mol. The third kappa shape index (κ3) is 2.17. The average Bonchev–Trinajstić information content (AvgIpc) is 2.95. The van der Waals surface area contributed by atoms with E-state index >= 15 is 0 Å². The molecule has 0 aromatic rings. The van der Waals surface area contributed by atoms with E-state index in [0.717, 1.165) is 12.3 Å². The Labute approximate surface area is 92.2 Å². The molecule has 86 valence electrons. The van der Waals surface area contributed by atoms with Gasteiger partial charge in [0.1, 0.15) is 0 Å². The quantitative estimate of drug-likeness (QED) is 0.766. The summed E-state index contributed by atoms with van der Waals surface area (Å²) in [5, 5.41) is 3.35. The van der Waals surface area contributed by atoms with Crippen molar-refractivity contribution in [2.24, 2.45) is 5.92 Å². The van der Waals surface area contributed by atoms with E-state index in [1.54, 1.807) is 0 Å². The molecule has 15 heavy (non-hydrogen) atoms. The highest BCUT2D eigenvalue weighted by molar-refractivity contribution is 5.84. The van der Waals surface area contributed by atoms with Crippen molar-refractivity contribution in [3.63, 3.8) is 0 Å². The summed E-state index contributed by atoms with van der Waals surface area (Å²) in [6, 6.07) is 0.420. The topological polar surface area (TPSA) is 32.3 Å². The van der Waals surface area contributed by atoms with Gasteiger partial charge in [0.2, 0.25) is 5.91 Å². The maximum Gasteiger partial charge on any atom is 0.240 e. The summed E-state index contributed by atoms with van der Waals surface area (Å²) in [5.41, 5.74) is 0. The van der Waals surface area contributed by atoms with Gasteiger partial charge in [-0.1, -0.05) is 19.8 Å². The Hall–Kier alpha value is -0.570. The molecule has 1 saturated heterocycles. The van der Waals surface area contributed by atoms with Crippen molar-refractivity contribution in [3.05, 3.63) is 0 Å². The Kier molecular flexibility index (Phi) is 3.01. The zero-order valence-electron chi connectivity index (χ0n) is 9.99. The van der Waals surface area contributed by atoms with Gasteiger partial charge in [0.25, 0.3) is 0 Å². The Morgan fingerprint density at radius 1 is 1.53 bits per heavy atom. The van der Waals surface area contributed by atoms with E-state index in [9.17, 15) is 4.79 Å². The Bertz CT molecular complexity index is 250. The van der Waals surface area contributed by atoms with Crippen LogP contribution in [0, 0.1) is 5.92 Å². The van der Waals surface area contributed by atoms with Crippen molar-refractivity contribution >= 4 is 5.91 Å². The monoisotopic (exact) mass is 210 g/mol. The fourth-order valence-corrected chi connectivity index (χ4v) is 2.61. The van der Waals surface area contributed by atoms with Gasteiger partial charge in [-0.25, -0.2) is 0 Å². The van der Waals surface area contributed by atoms with Crippen LogP contribution in [0.15, 0.2) is 0 Å². The molecule has 0 radical (unpaired) electrons. The van der Waals surface area contributed by atoms with E-state index in [1.165, 1.54) is 19.3 Å². The molecule has 3 heteroatoms. The lowest BCUT2D eigenvalue weighted by molar-refractivity contribution is -0.131. The van der Waals surface area contributed by atoms with Crippen LogP contribution in [0.4, 0.5) is 0 Å². The summed E-state index contributed by atoms with van der Waals surface area (Å²) in [4.78, 5) is 14.1. The van der Waals surface area contributed by atoms with Crippen molar-refractivity contribution < 1.29 is 4.79 Å². The maximum atomic E-state index is 12.0. The minimum absolute atomic E-state index is 0.0107. The van der Waals surface area contributed by atoms with Crippen LogP contribution in [0.5, 0.6) is 0 Å². The van der Waals surface area contributed by atoms with Crippen LogP contribution < -0.4 is 5.32 Å². The van der Waals surface area contributed by atoms with Gasteiger partial charge in [-0.3, -0.25) is 10.1 Å². The molecule has 3 unspecified atom stereocenters. The predicted octanol–water partition coefficient (Wildman–Crippen LogP) is 1.73. The molecule has 2 fully saturated rings. The molecule has 1 heterocycles. The van der Waals surface area contributed by atoms with Crippen LogP contribution >= 0.6 is 0 Å². The number of carbonyl (C=O) groups excluding carboxylic acids is 1. The van der Waals surface area contributed by atoms with Crippen molar-refractivity contribution in [3.8, 4) is 0 Å². The van der Waals surface area contributed by atoms with Gasteiger partial charge in [-0.15, -0.1) is 0 Å². The average molecular weight is 210 g/mol. The summed E-state index contributed by atoms with van der Waals surface area (Å²) in [6.07, 6.45) is 5.20. The molecule has 2 aliphatic rings. The van der Waals surface area contributed by atoms with Gasteiger partial charge in [-0.2, -0.15) is 0 Å². The summed E-state index contributed by atoms with van der Waals surface area (Å²) in [6.45, 7) is 6.30. The highest BCUT2D eigenvalue weighted by atomic mass is 16.2. The van der Waals surface area contributed by atoms with Gasteiger partial charge in [0, 0.05) is 6.04 Å². The Morgan fingerprint density at radius 3 is 2.73 bits per heavy atom. The van der Waals surface area contributed by atoms with E-state index < -0.39 is 0 Å². The molecule has 1 aliphatic heterocycles. The van der Waals surface area contributed by atoms with Gasteiger partial charge in [0.15, 0.2) is 0 Å². The molecular formula is C12H22N2O. The molecule has 0 aromatic carbocycles. The number of hydrogen-bond acceptors (Lipinski definition) is 2. The number of rotatable bonds is 4. The molecule has 1 aliphatic carbocycles. The summed E-state index contributed by atoms with van der Waals surface area (Å²) >= 11 is 0. The molecule has 1 saturated carbocycles. The third-order valence-corrected chi connectivity index (χ3v) is 3.64. The fraction of sp³-hybridized carbons (Fsp3) is 0.917. The highest BCUT2D eigenvalue weighted by Gasteiger charge is 2.39. The van der Waals surface area contributed by atoms with Crippen molar-refractivity contribution in [2.45, 2.75) is 64.7 Å². The van der Waals surface area contributed by atoms with Gasteiger partial charge >= 0.3 is 0 Å². The first-order valence-corrected chi connectivity index (χ1v) is 6.21. The first-order chi connectivity index (χ1) is 7.13. The van der Waals surface area contributed by atoms with E-state index in [4.69, 9.17) is 0 Å². The van der Waals surface area contributed by atoms with Gasteiger partial charge < -0.3 is 4.90 Å². The van der Waals surface area contributed by atoms with Crippen LogP contribution in [0.1, 0.15) is 46.5 Å². The summed E-state index contributed by atoms with van der Waals surface area (Å²) in [5.74, 6) is 1.18. The number of nitrogens with zero attached hydrogens (tertiary/aromatic N) is 1. The second-order valence-electron chi connectivity index (χ2n) is 5.09. The molecule has 3 nitrogen and oxygen atoms in total. The molecule has 2 rings (SSSR count). The van der Waals surface area contributed by atoms with Gasteiger partial charge in [-0.05, 0) is 32.6 Å². The molecule has 3 atom stereocenters. The van der Waals surface area contributed by atoms with Crippen LogP contribution in [-0.4, -0.2) is 29.1 Å². The number of carbonyl (C=O) groups is 1. The zero-order chi connectivity index (χ0) is 11.0. The zero-order valence-corrected chi connectivity index (χ0v) is 9.99. The lowest BCUT2D eigenvalue weighted by Crippen LogP contribution is -2.43. The normalized spacial score (nSPS) is 33.5. The van der Waals surface area contributed by atoms with Crippen molar-refractivity contribution in [2.75, 3.05) is 0 Å². The van der Waals surface area contributed by atoms with Gasteiger partial charge in [0.05, 0.1) is 12.2 Å². The van der Waals surface area contributed by atoms with Crippen LogP contribution in [0.2, 0.25) is 0 Å². The van der Waals surface area contributed by atoms with Crippen LogP contribution in [0.25, 0.3) is 0 Å². The largest absolute Gasteiger partial charge is 0.323 e. The van der Waals surface area contributed by atoms with Crippen LogP contribution in [0.3, 0.4) is 0 Å². The SMILES string of the molecule is CCC1NC(C)C(=O)N1C(C)CC1CC1. The second-order valence-corrected chi connectivity index (χ2v) is 5.09. The number of amides is 1. The first kappa shape index (κ1) is 10.9. The predicted molar refractivity (Wildman–Crippen MR) is 60.3 cm³/mol. The standard InChI is InChI=1S/C12H22N2O/c1-4-11-13-9(3)12(15)14(11)8(2)7-10-5-6-10/h8-11,13H,4-7H2,1-3H3. The molecule has 0 spiro atoms. The lowest BCUT2D eigenvalue weighted by Gasteiger charge is -2.29. The Balaban J connectivity index is 1.99. The maximum absolute atomic E-state index is 12.0. The van der Waals surface area contributed by atoms with E-state index in [1.807, 2.05) is 6.92 Å². The Morgan fingerprint density at radius 2 is 2.20 bits per heavy atom. The fourth-order valence-electron chi connectivity index (χ4n) is 2.61. The summed E-state index contributed by atoms with van der Waals surface area (Å²) in [7, 11) is 0. The van der Waals surface area contributed by atoms with Crippen molar-refractivity contribution in [1.29, 1.82) is 0 Å². The molecule has 0 aromatic heterocycles. The van der Waals surface area contributed by atoms with E-state index in [2.05, 4.69) is 24.1 Å².